The van der Waals surface area contributed by atoms with Crippen LogP contribution in [-0.4, -0.2) is 13.0 Å². The van der Waals surface area contributed by atoms with Crippen LogP contribution in [0.1, 0.15) is 44.1 Å². The number of amides is 1. The van der Waals surface area contributed by atoms with Gasteiger partial charge in [0.2, 0.25) is 5.91 Å². The number of anilines is 1. The van der Waals surface area contributed by atoms with Gasteiger partial charge in [0.1, 0.15) is 17.5 Å². The fourth-order valence-corrected chi connectivity index (χ4v) is 2.77. The number of rotatable bonds is 4. The van der Waals surface area contributed by atoms with Crippen LogP contribution in [0.5, 0.6) is 5.75 Å². The average Bonchev–Trinajstić information content (AvgIpc) is 2.48. The van der Waals surface area contributed by atoms with Crippen molar-refractivity contribution < 1.29 is 9.53 Å². The summed E-state index contributed by atoms with van der Waals surface area (Å²) >= 11 is 0. The Morgan fingerprint density at radius 2 is 2.15 bits per heavy atom. The molecule has 1 amide bonds. The number of methoxy groups -OCH3 is 1. The number of benzene rings is 1. The van der Waals surface area contributed by atoms with E-state index in [1.54, 1.807) is 18.2 Å². The molecule has 4 nitrogen and oxygen atoms in total. The van der Waals surface area contributed by atoms with Crippen LogP contribution >= 0.6 is 0 Å². The molecule has 0 unspecified atom stereocenters. The molecule has 1 N–H and O–H groups in total. The molecule has 1 saturated carbocycles. The van der Waals surface area contributed by atoms with Gasteiger partial charge in [0.25, 0.3) is 0 Å². The highest BCUT2D eigenvalue weighted by atomic mass is 16.5. The third-order valence-corrected chi connectivity index (χ3v) is 3.83. The lowest BCUT2D eigenvalue weighted by molar-refractivity contribution is -0.117. The predicted octanol–water partition coefficient (Wildman–Crippen LogP) is 3.48. The van der Waals surface area contributed by atoms with E-state index in [1.807, 2.05) is 0 Å². The lowest BCUT2D eigenvalue weighted by Gasteiger charge is -2.21. The number of nitrogens with zero attached hydrogens (tertiary/aromatic N) is 1. The van der Waals surface area contributed by atoms with E-state index in [1.165, 1.54) is 26.4 Å². The minimum absolute atomic E-state index is 0.0297. The van der Waals surface area contributed by atoms with Gasteiger partial charge in [-0.2, -0.15) is 5.26 Å². The first-order valence-corrected chi connectivity index (χ1v) is 7.11. The molecule has 2 rings (SSSR count). The van der Waals surface area contributed by atoms with Crippen molar-refractivity contribution in [1.29, 1.82) is 5.26 Å². The first-order chi connectivity index (χ1) is 9.74. The van der Waals surface area contributed by atoms with Crippen LogP contribution < -0.4 is 10.1 Å². The average molecular weight is 272 g/mol. The Bertz CT molecular complexity index is 514. The molecule has 0 atom stereocenters. The lowest BCUT2D eigenvalue weighted by Crippen LogP contribution is -2.19. The van der Waals surface area contributed by atoms with E-state index >= 15 is 0 Å². The topological polar surface area (TPSA) is 62.1 Å². The fourth-order valence-electron chi connectivity index (χ4n) is 2.77. The number of hydrogen-bond donors (Lipinski definition) is 1. The SMILES string of the molecule is COc1cccc(C#N)c1NC(=O)CC1CCCCC1. The number of ether oxygens (including phenoxy) is 1. The molecule has 20 heavy (non-hydrogen) atoms. The molecule has 4 heteroatoms. The zero-order valence-corrected chi connectivity index (χ0v) is 11.8. The van der Waals surface area contributed by atoms with Gasteiger partial charge >= 0.3 is 0 Å². The molecule has 1 aliphatic rings. The van der Waals surface area contributed by atoms with Gasteiger partial charge in [0.15, 0.2) is 0 Å². The highest BCUT2D eigenvalue weighted by molar-refractivity contribution is 5.94. The van der Waals surface area contributed by atoms with E-state index in [9.17, 15) is 4.79 Å². The second-order valence-corrected chi connectivity index (χ2v) is 5.25. The molecule has 1 aromatic carbocycles. The molecule has 0 aliphatic heterocycles. The molecule has 0 radical (unpaired) electrons. The lowest BCUT2D eigenvalue weighted by atomic mass is 9.87. The molecule has 106 valence electrons. The number of nitriles is 1. The molecule has 0 aromatic heterocycles. The van der Waals surface area contributed by atoms with Gasteiger partial charge in [-0.25, -0.2) is 0 Å². The molecule has 0 spiro atoms. The van der Waals surface area contributed by atoms with Crippen LogP contribution in [0.4, 0.5) is 5.69 Å². The summed E-state index contributed by atoms with van der Waals surface area (Å²) in [4.78, 5) is 12.1. The van der Waals surface area contributed by atoms with E-state index in [-0.39, 0.29) is 5.91 Å². The third-order valence-electron chi connectivity index (χ3n) is 3.83. The van der Waals surface area contributed by atoms with Gasteiger partial charge in [0.05, 0.1) is 12.7 Å². The van der Waals surface area contributed by atoms with Crippen LogP contribution in [0.2, 0.25) is 0 Å². The van der Waals surface area contributed by atoms with E-state index in [4.69, 9.17) is 10.00 Å². The molecule has 1 fully saturated rings. The van der Waals surface area contributed by atoms with Crippen LogP contribution in [0.25, 0.3) is 0 Å². The molecule has 0 heterocycles. The second-order valence-electron chi connectivity index (χ2n) is 5.25. The van der Waals surface area contributed by atoms with Gasteiger partial charge in [-0.05, 0) is 30.9 Å². The van der Waals surface area contributed by atoms with Crippen molar-refractivity contribution in [1.82, 2.24) is 0 Å². The fraction of sp³-hybridized carbons (Fsp3) is 0.500. The van der Waals surface area contributed by atoms with Crippen molar-refractivity contribution in [2.75, 3.05) is 12.4 Å². The van der Waals surface area contributed by atoms with Gasteiger partial charge in [-0.1, -0.05) is 25.3 Å². The van der Waals surface area contributed by atoms with Crippen molar-refractivity contribution >= 4 is 11.6 Å². The van der Waals surface area contributed by atoms with E-state index < -0.39 is 0 Å². The summed E-state index contributed by atoms with van der Waals surface area (Å²) in [6.45, 7) is 0. The quantitative estimate of drug-likeness (QED) is 0.912. The number of nitrogens with one attached hydrogen (secondary N) is 1. The summed E-state index contributed by atoms with van der Waals surface area (Å²) in [5.41, 5.74) is 0.916. The standard InChI is InChI=1S/C16H20N2O2/c1-20-14-9-5-8-13(11-17)16(14)18-15(19)10-12-6-3-2-4-7-12/h5,8-9,12H,2-4,6-7,10H2,1H3,(H,18,19). The minimum atomic E-state index is -0.0297. The Labute approximate surface area is 119 Å². The minimum Gasteiger partial charge on any atom is -0.495 e. The Kier molecular flexibility index (Phi) is 5.00. The maximum Gasteiger partial charge on any atom is 0.224 e. The molecule has 0 saturated heterocycles. The summed E-state index contributed by atoms with van der Waals surface area (Å²) in [7, 11) is 1.53. The Balaban J connectivity index is 2.05. The summed E-state index contributed by atoms with van der Waals surface area (Å²) in [5, 5.41) is 12.0. The Hall–Kier alpha value is -2.02. The number of hydrogen-bond acceptors (Lipinski definition) is 3. The largest absolute Gasteiger partial charge is 0.495 e. The Morgan fingerprint density at radius 1 is 1.40 bits per heavy atom. The van der Waals surface area contributed by atoms with Gasteiger partial charge < -0.3 is 10.1 Å². The number of para-hydroxylation sites is 1. The zero-order chi connectivity index (χ0) is 14.4. The van der Waals surface area contributed by atoms with E-state index in [2.05, 4.69) is 11.4 Å². The van der Waals surface area contributed by atoms with Gasteiger partial charge in [-0.15, -0.1) is 0 Å². The monoisotopic (exact) mass is 272 g/mol. The molecule has 1 aliphatic carbocycles. The highest BCUT2D eigenvalue weighted by Crippen LogP contribution is 2.30. The van der Waals surface area contributed by atoms with E-state index in [0.717, 1.165) is 12.8 Å². The molecular formula is C16H20N2O2. The molecular weight excluding hydrogens is 252 g/mol. The van der Waals surface area contributed by atoms with Crippen molar-refractivity contribution in [2.45, 2.75) is 38.5 Å². The summed E-state index contributed by atoms with van der Waals surface area (Å²) in [5.74, 6) is 0.975. The number of carbonyl (C=O) groups is 1. The summed E-state index contributed by atoms with van der Waals surface area (Å²) < 4.78 is 5.21. The maximum absolute atomic E-state index is 12.1. The third kappa shape index (κ3) is 3.51. The van der Waals surface area contributed by atoms with Crippen LogP contribution in [0, 0.1) is 17.2 Å². The highest BCUT2D eigenvalue weighted by Gasteiger charge is 2.19. The van der Waals surface area contributed by atoms with Crippen molar-refractivity contribution in [3.8, 4) is 11.8 Å². The van der Waals surface area contributed by atoms with E-state index in [0.29, 0.717) is 29.3 Å². The van der Waals surface area contributed by atoms with Gasteiger partial charge in [0, 0.05) is 6.42 Å². The zero-order valence-electron chi connectivity index (χ0n) is 11.8. The smallest absolute Gasteiger partial charge is 0.224 e. The van der Waals surface area contributed by atoms with Crippen molar-refractivity contribution in [3.63, 3.8) is 0 Å². The molecule has 0 bridgehead atoms. The molecule has 1 aromatic rings. The second kappa shape index (κ2) is 6.95. The van der Waals surface area contributed by atoms with Crippen LogP contribution in [0.15, 0.2) is 18.2 Å². The van der Waals surface area contributed by atoms with Crippen molar-refractivity contribution in [2.24, 2.45) is 5.92 Å². The normalized spacial score (nSPS) is 15.4. The first-order valence-electron chi connectivity index (χ1n) is 7.11. The summed E-state index contributed by atoms with van der Waals surface area (Å²) in [6.07, 6.45) is 6.51. The van der Waals surface area contributed by atoms with Crippen molar-refractivity contribution in [3.05, 3.63) is 23.8 Å². The van der Waals surface area contributed by atoms with Gasteiger partial charge in [-0.3, -0.25) is 4.79 Å². The Morgan fingerprint density at radius 3 is 2.80 bits per heavy atom. The number of carbonyl (C=O) groups excluding carboxylic acids is 1. The van der Waals surface area contributed by atoms with Crippen LogP contribution in [0.3, 0.4) is 0 Å². The predicted molar refractivity (Wildman–Crippen MR) is 77.5 cm³/mol. The van der Waals surface area contributed by atoms with Crippen LogP contribution in [-0.2, 0) is 4.79 Å². The summed E-state index contributed by atoms with van der Waals surface area (Å²) in [6, 6.07) is 7.26. The maximum atomic E-state index is 12.1. The first kappa shape index (κ1) is 14.4.